The molecule has 118 valence electrons. The van der Waals surface area contributed by atoms with Gasteiger partial charge < -0.3 is 10.1 Å². The number of imide groups is 1. The quantitative estimate of drug-likeness (QED) is 0.875. The van der Waals surface area contributed by atoms with Crippen molar-refractivity contribution in [2.75, 3.05) is 17.3 Å². The smallest absolute Gasteiger partial charge is 0.256 e. The Balaban J connectivity index is 1.77. The molecule has 2 aromatic rings. The van der Waals surface area contributed by atoms with Crippen LogP contribution in [-0.4, -0.2) is 25.0 Å². The summed E-state index contributed by atoms with van der Waals surface area (Å²) in [4.78, 5) is 25.9. The van der Waals surface area contributed by atoms with Gasteiger partial charge in [0, 0.05) is 10.7 Å². The van der Waals surface area contributed by atoms with E-state index in [2.05, 4.69) is 5.32 Å². The Kier molecular flexibility index (Phi) is 4.21. The van der Waals surface area contributed by atoms with Crippen LogP contribution in [0.5, 0.6) is 5.75 Å². The van der Waals surface area contributed by atoms with Crippen LogP contribution in [-0.2, 0) is 9.59 Å². The molecule has 0 aromatic heterocycles. The molecule has 23 heavy (non-hydrogen) atoms. The normalized spacial score (nSPS) is 17.5. The van der Waals surface area contributed by atoms with Gasteiger partial charge in [-0.2, -0.15) is 0 Å². The first-order chi connectivity index (χ1) is 11.1. The zero-order valence-corrected chi connectivity index (χ0v) is 13.2. The lowest BCUT2D eigenvalue weighted by atomic mass is 10.2. The molecular formula is C17H15ClN2O3. The van der Waals surface area contributed by atoms with Crippen molar-refractivity contribution in [3.63, 3.8) is 0 Å². The fourth-order valence-electron chi connectivity index (χ4n) is 2.49. The number of amides is 2. The van der Waals surface area contributed by atoms with Gasteiger partial charge in [-0.1, -0.05) is 11.6 Å². The Morgan fingerprint density at radius 3 is 2.35 bits per heavy atom. The molecule has 0 bridgehead atoms. The van der Waals surface area contributed by atoms with Gasteiger partial charge in [0.1, 0.15) is 11.8 Å². The maximum atomic E-state index is 12.5. The summed E-state index contributed by atoms with van der Waals surface area (Å²) in [5, 5.41) is 3.69. The predicted molar refractivity (Wildman–Crippen MR) is 89.0 cm³/mol. The Labute approximate surface area is 138 Å². The minimum Gasteiger partial charge on any atom is -0.497 e. The fourth-order valence-corrected chi connectivity index (χ4v) is 2.62. The third-order valence-corrected chi connectivity index (χ3v) is 3.91. The number of ether oxygens (including phenoxy) is 1. The zero-order chi connectivity index (χ0) is 16.4. The van der Waals surface area contributed by atoms with E-state index in [9.17, 15) is 9.59 Å². The number of carbonyl (C=O) groups is 2. The van der Waals surface area contributed by atoms with Crippen LogP contribution in [0.25, 0.3) is 0 Å². The van der Waals surface area contributed by atoms with Gasteiger partial charge in [-0.15, -0.1) is 0 Å². The topological polar surface area (TPSA) is 58.6 Å². The first-order valence-corrected chi connectivity index (χ1v) is 7.49. The monoisotopic (exact) mass is 330 g/mol. The predicted octanol–water partition coefficient (Wildman–Crippen LogP) is 3.09. The van der Waals surface area contributed by atoms with E-state index in [4.69, 9.17) is 16.3 Å². The third kappa shape index (κ3) is 3.14. The Hall–Kier alpha value is -2.53. The largest absolute Gasteiger partial charge is 0.497 e. The van der Waals surface area contributed by atoms with Gasteiger partial charge in [0.2, 0.25) is 5.91 Å². The van der Waals surface area contributed by atoms with E-state index in [1.165, 1.54) is 4.90 Å². The van der Waals surface area contributed by atoms with Crippen LogP contribution < -0.4 is 15.0 Å². The summed E-state index contributed by atoms with van der Waals surface area (Å²) in [6, 6.07) is 13.3. The molecule has 1 aliphatic rings. The van der Waals surface area contributed by atoms with Crippen molar-refractivity contribution >= 4 is 34.8 Å². The van der Waals surface area contributed by atoms with Crippen LogP contribution in [0.1, 0.15) is 6.42 Å². The molecule has 3 rings (SSSR count). The molecule has 0 spiro atoms. The highest BCUT2D eigenvalue weighted by Crippen LogP contribution is 2.27. The summed E-state index contributed by atoms with van der Waals surface area (Å²) >= 11 is 5.84. The van der Waals surface area contributed by atoms with Gasteiger partial charge in [0.25, 0.3) is 5.91 Å². The third-order valence-electron chi connectivity index (χ3n) is 3.66. The first-order valence-electron chi connectivity index (χ1n) is 7.11. The number of anilines is 2. The highest BCUT2D eigenvalue weighted by molar-refractivity contribution is 6.30. The molecular weight excluding hydrogens is 316 g/mol. The van der Waals surface area contributed by atoms with Crippen molar-refractivity contribution in [3.8, 4) is 5.75 Å². The van der Waals surface area contributed by atoms with Crippen LogP contribution in [0, 0.1) is 0 Å². The molecule has 1 saturated heterocycles. The highest BCUT2D eigenvalue weighted by Gasteiger charge is 2.39. The molecule has 0 unspecified atom stereocenters. The highest BCUT2D eigenvalue weighted by atomic mass is 35.5. The summed E-state index contributed by atoms with van der Waals surface area (Å²) in [5.41, 5.74) is 1.29. The van der Waals surface area contributed by atoms with Crippen molar-refractivity contribution in [3.05, 3.63) is 53.6 Å². The fraction of sp³-hybridized carbons (Fsp3) is 0.176. The summed E-state index contributed by atoms with van der Waals surface area (Å²) < 4.78 is 5.08. The number of carbonyl (C=O) groups excluding carboxylic acids is 2. The van der Waals surface area contributed by atoms with E-state index in [-0.39, 0.29) is 18.2 Å². The van der Waals surface area contributed by atoms with E-state index in [0.717, 1.165) is 5.69 Å². The number of methoxy groups -OCH3 is 1. The SMILES string of the molecule is COc1ccc(N2C(=O)C[C@H](Nc3ccc(Cl)cc3)C2=O)cc1. The minimum absolute atomic E-state index is 0.119. The number of rotatable bonds is 4. The minimum atomic E-state index is -0.578. The Morgan fingerprint density at radius 2 is 1.74 bits per heavy atom. The Bertz CT molecular complexity index is 729. The van der Waals surface area contributed by atoms with Crippen LogP contribution in [0.15, 0.2) is 48.5 Å². The molecule has 2 aromatic carbocycles. The molecule has 0 saturated carbocycles. The van der Waals surface area contributed by atoms with Gasteiger partial charge in [0.05, 0.1) is 19.2 Å². The van der Waals surface area contributed by atoms with Crippen LogP contribution in [0.2, 0.25) is 5.02 Å². The van der Waals surface area contributed by atoms with Crippen molar-refractivity contribution < 1.29 is 14.3 Å². The van der Waals surface area contributed by atoms with E-state index >= 15 is 0 Å². The van der Waals surface area contributed by atoms with Crippen LogP contribution >= 0.6 is 11.6 Å². The summed E-state index contributed by atoms with van der Waals surface area (Å²) in [6.45, 7) is 0. The molecule has 0 radical (unpaired) electrons. The maximum absolute atomic E-state index is 12.5. The molecule has 5 nitrogen and oxygen atoms in total. The first kappa shape index (κ1) is 15.4. The second kappa shape index (κ2) is 6.30. The van der Waals surface area contributed by atoms with Crippen molar-refractivity contribution in [1.82, 2.24) is 0 Å². The summed E-state index contributed by atoms with van der Waals surface area (Å²) in [6.07, 6.45) is 0.119. The van der Waals surface area contributed by atoms with E-state index in [0.29, 0.717) is 16.5 Å². The molecule has 1 fully saturated rings. The second-order valence-corrected chi connectivity index (χ2v) is 5.61. The van der Waals surface area contributed by atoms with Gasteiger partial charge in [-0.3, -0.25) is 9.59 Å². The lowest BCUT2D eigenvalue weighted by Gasteiger charge is -2.16. The zero-order valence-electron chi connectivity index (χ0n) is 12.5. The lowest BCUT2D eigenvalue weighted by Crippen LogP contribution is -2.34. The molecule has 2 amide bonds. The van der Waals surface area contributed by atoms with Crippen molar-refractivity contribution in [1.29, 1.82) is 0 Å². The number of halogens is 1. The summed E-state index contributed by atoms with van der Waals surface area (Å²) in [7, 11) is 1.56. The average Bonchev–Trinajstić information content (AvgIpc) is 2.84. The van der Waals surface area contributed by atoms with Gasteiger partial charge in [0.15, 0.2) is 0 Å². The van der Waals surface area contributed by atoms with Crippen molar-refractivity contribution in [2.24, 2.45) is 0 Å². The molecule has 0 aliphatic carbocycles. The van der Waals surface area contributed by atoms with Gasteiger partial charge >= 0.3 is 0 Å². The second-order valence-electron chi connectivity index (χ2n) is 5.17. The number of hydrogen-bond donors (Lipinski definition) is 1. The number of benzene rings is 2. The number of nitrogens with zero attached hydrogens (tertiary/aromatic N) is 1. The Morgan fingerprint density at radius 1 is 1.09 bits per heavy atom. The lowest BCUT2D eigenvalue weighted by molar-refractivity contribution is -0.121. The van der Waals surface area contributed by atoms with Gasteiger partial charge in [-0.05, 0) is 48.5 Å². The molecule has 1 aliphatic heterocycles. The van der Waals surface area contributed by atoms with E-state index in [1.54, 1.807) is 55.6 Å². The van der Waals surface area contributed by atoms with E-state index in [1.807, 2.05) is 0 Å². The van der Waals surface area contributed by atoms with Crippen LogP contribution in [0.4, 0.5) is 11.4 Å². The molecule has 1 heterocycles. The average molecular weight is 331 g/mol. The maximum Gasteiger partial charge on any atom is 0.256 e. The van der Waals surface area contributed by atoms with E-state index < -0.39 is 6.04 Å². The standard InChI is InChI=1S/C17H15ClN2O3/c1-23-14-8-6-13(7-9-14)20-16(21)10-15(17(20)22)19-12-4-2-11(18)3-5-12/h2-9,15,19H,10H2,1H3/t15-/m0/s1. The molecule has 1 N–H and O–H groups in total. The molecule has 1 atom stereocenters. The van der Waals surface area contributed by atoms with Gasteiger partial charge in [-0.25, -0.2) is 4.90 Å². The number of hydrogen-bond acceptors (Lipinski definition) is 4. The summed E-state index contributed by atoms with van der Waals surface area (Å²) in [5.74, 6) is 0.172. The number of nitrogens with one attached hydrogen (secondary N) is 1. The van der Waals surface area contributed by atoms with Crippen LogP contribution in [0.3, 0.4) is 0 Å². The molecule has 6 heteroatoms. The van der Waals surface area contributed by atoms with Crippen molar-refractivity contribution in [2.45, 2.75) is 12.5 Å².